The quantitative estimate of drug-likeness (QED) is 0.916. The predicted octanol–water partition coefficient (Wildman–Crippen LogP) is 3.80. The smallest absolute Gasteiger partial charge is 0.122 e. The number of halogens is 1. The second-order valence-corrected chi connectivity index (χ2v) is 6.32. The molecular weight excluding hydrogens is 292 g/mol. The van der Waals surface area contributed by atoms with Crippen LogP contribution in [0.2, 0.25) is 0 Å². The molecule has 2 rings (SSSR count). The first kappa shape index (κ1) is 13.9. The van der Waals surface area contributed by atoms with E-state index in [1.165, 1.54) is 6.42 Å². The minimum absolute atomic E-state index is 0.252. The van der Waals surface area contributed by atoms with E-state index < -0.39 is 0 Å². The lowest BCUT2D eigenvalue weighted by Crippen LogP contribution is -2.21. The molecule has 0 amide bonds. The normalized spacial score (nSPS) is 25.1. The number of rotatable bonds is 4. The fraction of sp³-hybridized carbons (Fsp3) is 0.600. The Labute approximate surface area is 117 Å². The number of aliphatic hydroxyl groups is 1. The highest BCUT2D eigenvalue weighted by Crippen LogP contribution is 2.35. The first-order valence-corrected chi connectivity index (χ1v) is 7.40. The van der Waals surface area contributed by atoms with E-state index in [1.54, 1.807) is 7.11 Å². The molecule has 1 aromatic rings. The molecule has 1 N–H and O–H groups in total. The minimum Gasteiger partial charge on any atom is -0.496 e. The van der Waals surface area contributed by atoms with Crippen LogP contribution in [-0.4, -0.2) is 18.3 Å². The summed E-state index contributed by atoms with van der Waals surface area (Å²) >= 11 is 3.47. The van der Waals surface area contributed by atoms with Gasteiger partial charge in [0.1, 0.15) is 5.75 Å². The van der Waals surface area contributed by atoms with E-state index in [9.17, 15) is 5.11 Å². The van der Waals surface area contributed by atoms with Crippen LogP contribution in [0, 0.1) is 11.8 Å². The molecule has 1 aliphatic rings. The standard InChI is InChI=1S/C15H21BrO2/c1-10-3-4-11(7-10)14(17)9-12-8-13(16)5-6-15(12)18-2/h5-6,8,10-11,14,17H,3-4,7,9H2,1-2H3. The van der Waals surface area contributed by atoms with Gasteiger partial charge in [-0.15, -0.1) is 0 Å². The summed E-state index contributed by atoms with van der Waals surface area (Å²) in [5.41, 5.74) is 1.08. The van der Waals surface area contributed by atoms with Crippen molar-refractivity contribution in [3.05, 3.63) is 28.2 Å². The predicted molar refractivity (Wildman–Crippen MR) is 76.9 cm³/mol. The first-order valence-electron chi connectivity index (χ1n) is 6.60. The Morgan fingerprint density at radius 1 is 1.44 bits per heavy atom. The second kappa shape index (κ2) is 6.07. The Morgan fingerprint density at radius 3 is 2.83 bits per heavy atom. The maximum Gasteiger partial charge on any atom is 0.122 e. The summed E-state index contributed by atoms with van der Waals surface area (Å²) in [6.45, 7) is 2.27. The molecule has 2 nitrogen and oxygen atoms in total. The van der Waals surface area contributed by atoms with E-state index in [0.717, 1.165) is 34.5 Å². The summed E-state index contributed by atoms with van der Waals surface area (Å²) in [5.74, 6) is 2.07. The zero-order valence-corrected chi connectivity index (χ0v) is 12.6. The largest absolute Gasteiger partial charge is 0.496 e. The topological polar surface area (TPSA) is 29.5 Å². The monoisotopic (exact) mass is 312 g/mol. The Kier molecular flexibility index (Phi) is 4.68. The first-order chi connectivity index (χ1) is 8.60. The lowest BCUT2D eigenvalue weighted by atomic mass is 9.93. The van der Waals surface area contributed by atoms with E-state index in [2.05, 4.69) is 22.9 Å². The van der Waals surface area contributed by atoms with E-state index in [-0.39, 0.29) is 6.10 Å². The molecule has 0 aromatic heterocycles. The summed E-state index contributed by atoms with van der Waals surface area (Å²) in [5, 5.41) is 10.4. The molecule has 0 heterocycles. The number of ether oxygens (including phenoxy) is 1. The van der Waals surface area contributed by atoms with Gasteiger partial charge in [-0.1, -0.05) is 29.3 Å². The summed E-state index contributed by atoms with van der Waals surface area (Å²) in [6, 6.07) is 5.95. The van der Waals surface area contributed by atoms with Crippen molar-refractivity contribution in [3.63, 3.8) is 0 Å². The number of hydrogen-bond donors (Lipinski definition) is 1. The van der Waals surface area contributed by atoms with Crippen LogP contribution in [-0.2, 0) is 6.42 Å². The number of methoxy groups -OCH3 is 1. The average Bonchev–Trinajstić information content (AvgIpc) is 2.76. The zero-order chi connectivity index (χ0) is 13.1. The van der Waals surface area contributed by atoms with Crippen LogP contribution in [0.3, 0.4) is 0 Å². The lowest BCUT2D eigenvalue weighted by Gasteiger charge is -2.19. The molecule has 0 aliphatic heterocycles. The molecule has 1 aromatic carbocycles. The van der Waals surface area contributed by atoms with Crippen LogP contribution < -0.4 is 4.74 Å². The van der Waals surface area contributed by atoms with Crippen molar-refractivity contribution in [1.82, 2.24) is 0 Å². The molecule has 1 fully saturated rings. The third-order valence-corrected chi connectivity index (χ3v) is 4.44. The highest BCUT2D eigenvalue weighted by molar-refractivity contribution is 9.10. The molecule has 3 unspecified atom stereocenters. The van der Waals surface area contributed by atoms with Gasteiger partial charge in [-0.2, -0.15) is 0 Å². The van der Waals surface area contributed by atoms with E-state index >= 15 is 0 Å². The van der Waals surface area contributed by atoms with E-state index in [1.807, 2.05) is 18.2 Å². The third kappa shape index (κ3) is 3.27. The molecule has 100 valence electrons. The minimum atomic E-state index is -0.252. The summed E-state index contributed by atoms with van der Waals surface area (Å²) < 4.78 is 6.39. The van der Waals surface area contributed by atoms with Crippen LogP contribution in [0.4, 0.5) is 0 Å². The summed E-state index contributed by atoms with van der Waals surface area (Å²) in [6.07, 6.45) is 3.98. The maximum absolute atomic E-state index is 10.4. The van der Waals surface area contributed by atoms with Crippen LogP contribution in [0.15, 0.2) is 22.7 Å². The zero-order valence-electron chi connectivity index (χ0n) is 11.0. The second-order valence-electron chi connectivity index (χ2n) is 5.41. The van der Waals surface area contributed by atoms with Crippen molar-refractivity contribution in [2.75, 3.05) is 7.11 Å². The van der Waals surface area contributed by atoms with Gasteiger partial charge >= 0.3 is 0 Å². The fourth-order valence-electron chi connectivity index (χ4n) is 2.90. The molecule has 1 aliphatic carbocycles. The van der Waals surface area contributed by atoms with Gasteiger partial charge in [-0.3, -0.25) is 0 Å². The van der Waals surface area contributed by atoms with Crippen molar-refractivity contribution in [3.8, 4) is 5.75 Å². The number of benzene rings is 1. The SMILES string of the molecule is COc1ccc(Br)cc1CC(O)C1CCC(C)C1. The van der Waals surface area contributed by atoms with Gasteiger partial charge in [-0.25, -0.2) is 0 Å². The van der Waals surface area contributed by atoms with E-state index in [0.29, 0.717) is 12.3 Å². The Balaban J connectivity index is 2.06. The molecule has 0 spiro atoms. The maximum atomic E-state index is 10.4. The van der Waals surface area contributed by atoms with Crippen molar-refractivity contribution >= 4 is 15.9 Å². The fourth-order valence-corrected chi connectivity index (χ4v) is 3.31. The molecule has 3 heteroatoms. The van der Waals surface area contributed by atoms with Crippen LogP contribution >= 0.6 is 15.9 Å². The molecule has 1 saturated carbocycles. The number of hydrogen-bond acceptors (Lipinski definition) is 2. The van der Waals surface area contributed by atoms with Gasteiger partial charge in [-0.05, 0) is 48.4 Å². The van der Waals surface area contributed by atoms with Gasteiger partial charge in [0.05, 0.1) is 13.2 Å². The van der Waals surface area contributed by atoms with Crippen molar-refractivity contribution < 1.29 is 9.84 Å². The lowest BCUT2D eigenvalue weighted by molar-refractivity contribution is 0.108. The van der Waals surface area contributed by atoms with Crippen molar-refractivity contribution in [2.24, 2.45) is 11.8 Å². The van der Waals surface area contributed by atoms with Gasteiger partial charge in [0.25, 0.3) is 0 Å². The molecule has 0 radical (unpaired) electrons. The summed E-state index contributed by atoms with van der Waals surface area (Å²) in [4.78, 5) is 0. The number of aliphatic hydroxyl groups excluding tert-OH is 1. The van der Waals surface area contributed by atoms with Gasteiger partial charge in [0.2, 0.25) is 0 Å². The average molecular weight is 313 g/mol. The van der Waals surface area contributed by atoms with Gasteiger partial charge in [0.15, 0.2) is 0 Å². The van der Waals surface area contributed by atoms with Crippen molar-refractivity contribution in [2.45, 2.75) is 38.7 Å². The van der Waals surface area contributed by atoms with Crippen LogP contribution in [0.1, 0.15) is 31.7 Å². The summed E-state index contributed by atoms with van der Waals surface area (Å²) in [7, 11) is 1.68. The van der Waals surface area contributed by atoms with E-state index in [4.69, 9.17) is 4.74 Å². The Morgan fingerprint density at radius 2 is 2.22 bits per heavy atom. The highest BCUT2D eigenvalue weighted by Gasteiger charge is 2.28. The Hall–Kier alpha value is -0.540. The van der Waals surface area contributed by atoms with Crippen LogP contribution in [0.25, 0.3) is 0 Å². The highest BCUT2D eigenvalue weighted by atomic mass is 79.9. The van der Waals surface area contributed by atoms with Crippen LogP contribution in [0.5, 0.6) is 5.75 Å². The third-order valence-electron chi connectivity index (χ3n) is 3.95. The van der Waals surface area contributed by atoms with Crippen molar-refractivity contribution in [1.29, 1.82) is 0 Å². The molecule has 0 saturated heterocycles. The molecule has 3 atom stereocenters. The molecule has 0 bridgehead atoms. The molecular formula is C15H21BrO2. The molecule has 18 heavy (non-hydrogen) atoms. The Bertz CT molecular complexity index is 405. The van der Waals surface area contributed by atoms with Gasteiger partial charge in [0, 0.05) is 10.9 Å². The van der Waals surface area contributed by atoms with Gasteiger partial charge < -0.3 is 9.84 Å².